The molecule has 8 heteroatoms. The number of nitrogens with zero attached hydrogens (tertiary/aromatic N) is 2. The van der Waals surface area contributed by atoms with Crippen molar-refractivity contribution in [1.29, 1.82) is 0 Å². The Morgan fingerprint density at radius 2 is 1.88 bits per heavy atom. The lowest BCUT2D eigenvalue weighted by atomic mass is 10.1. The van der Waals surface area contributed by atoms with Crippen molar-refractivity contribution in [3.8, 4) is 0 Å². The van der Waals surface area contributed by atoms with Crippen molar-refractivity contribution in [3.63, 3.8) is 0 Å². The smallest absolute Gasteiger partial charge is 0.251 e. The van der Waals surface area contributed by atoms with Gasteiger partial charge in [-0.2, -0.15) is 5.10 Å². The Kier molecular flexibility index (Phi) is 5.84. The van der Waals surface area contributed by atoms with E-state index in [4.69, 9.17) is 0 Å². The first-order chi connectivity index (χ1) is 11.6. The number of carbonyl (C=O) groups excluding carboxylic acids is 1. The summed E-state index contributed by atoms with van der Waals surface area (Å²) in [6.45, 7) is 7.28. The van der Waals surface area contributed by atoms with Crippen LogP contribution in [0.4, 0.5) is 5.69 Å². The molecular formula is C17H24N4O3S. The monoisotopic (exact) mass is 364 g/mol. The largest absolute Gasteiger partial charge is 0.352 e. The van der Waals surface area contributed by atoms with Crippen LogP contribution in [0.2, 0.25) is 0 Å². The minimum absolute atomic E-state index is 0.189. The molecule has 0 aliphatic heterocycles. The molecule has 0 aliphatic rings. The molecule has 136 valence electrons. The van der Waals surface area contributed by atoms with Crippen molar-refractivity contribution in [2.24, 2.45) is 5.92 Å². The standard InChI is InChI=1S/C17H24N4O3S/c1-12(11-21-14(3)9-13(2)19-21)10-18-17(22)15-5-7-16(8-6-15)20-25(4,23)24/h5-9,12,20H,10-11H2,1-4H3,(H,18,22). The number of amides is 1. The summed E-state index contributed by atoms with van der Waals surface area (Å²) in [5.74, 6) is 0.0410. The van der Waals surface area contributed by atoms with Crippen molar-refractivity contribution >= 4 is 21.6 Å². The average Bonchev–Trinajstić information content (AvgIpc) is 2.81. The van der Waals surface area contributed by atoms with Crippen molar-refractivity contribution in [2.75, 3.05) is 17.5 Å². The molecule has 2 N–H and O–H groups in total. The number of aromatic nitrogens is 2. The summed E-state index contributed by atoms with van der Waals surface area (Å²) in [7, 11) is -3.32. The minimum Gasteiger partial charge on any atom is -0.352 e. The van der Waals surface area contributed by atoms with Gasteiger partial charge < -0.3 is 5.32 Å². The molecule has 25 heavy (non-hydrogen) atoms. The van der Waals surface area contributed by atoms with Gasteiger partial charge in [-0.15, -0.1) is 0 Å². The average molecular weight is 364 g/mol. The van der Waals surface area contributed by atoms with Crippen LogP contribution < -0.4 is 10.0 Å². The first kappa shape index (κ1) is 19.0. The molecule has 1 heterocycles. The number of hydrogen-bond donors (Lipinski definition) is 2. The lowest BCUT2D eigenvalue weighted by molar-refractivity contribution is 0.0946. The Labute approximate surface area is 148 Å². The molecule has 1 atom stereocenters. The molecule has 0 saturated carbocycles. The zero-order chi connectivity index (χ0) is 18.6. The van der Waals surface area contributed by atoms with Crippen molar-refractivity contribution in [2.45, 2.75) is 27.3 Å². The fourth-order valence-electron chi connectivity index (χ4n) is 2.49. The quantitative estimate of drug-likeness (QED) is 0.785. The third kappa shape index (κ3) is 5.90. The van der Waals surface area contributed by atoms with Gasteiger partial charge >= 0.3 is 0 Å². The van der Waals surface area contributed by atoms with Gasteiger partial charge in [-0.25, -0.2) is 8.42 Å². The van der Waals surface area contributed by atoms with Crippen LogP contribution in [0.3, 0.4) is 0 Å². The van der Waals surface area contributed by atoms with E-state index in [1.54, 1.807) is 24.3 Å². The van der Waals surface area contributed by atoms with Crippen LogP contribution in [0.15, 0.2) is 30.3 Å². The first-order valence-corrected chi connectivity index (χ1v) is 9.90. The highest BCUT2D eigenvalue weighted by Crippen LogP contribution is 2.11. The topological polar surface area (TPSA) is 93.1 Å². The van der Waals surface area contributed by atoms with E-state index in [0.29, 0.717) is 17.8 Å². The molecule has 0 saturated heterocycles. The summed E-state index contributed by atoms with van der Waals surface area (Å²) in [6, 6.07) is 8.34. The molecule has 7 nitrogen and oxygen atoms in total. The van der Waals surface area contributed by atoms with Gasteiger partial charge in [0.1, 0.15) is 0 Å². The summed E-state index contributed by atoms with van der Waals surface area (Å²) in [5, 5.41) is 7.32. The number of carbonyl (C=O) groups is 1. The lowest BCUT2D eigenvalue weighted by Crippen LogP contribution is -2.30. The van der Waals surface area contributed by atoms with Crippen molar-refractivity contribution in [3.05, 3.63) is 47.3 Å². The number of nitrogens with one attached hydrogen (secondary N) is 2. The van der Waals surface area contributed by atoms with E-state index in [1.165, 1.54) is 0 Å². The zero-order valence-electron chi connectivity index (χ0n) is 14.9. The molecule has 0 spiro atoms. The second-order valence-corrected chi connectivity index (χ2v) is 8.12. The van der Waals surface area contributed by atoms with Crippen LogP contribution in [0.1, 0.15) is 28.7 Å². The molecule has 2 aromatic rings. The summed E-state index contributed by atoms with van der Waals surface area (Å²) < 4.78 is 26.7. The van der Waals surface area contributed by atoms with Crippen LogP contribution in [0.25, 0.3) is 0 Å². The maximum atomic E-state index is 12.2. The normalized spacial score (nSPS) is 12.6. The minimum atomic E-state index is -3.32. The second-order valence-electron chi connectivity index (χ2n) is 6.38. The highest BCUT2D eigenvalue weighted by molar-refractivity contribution is 7.92. The number of anilines is 1. The van der Waals surface area contributed by atoms with Gasteiger partial charge in [0.15, 0.2) is 0 Å². The summed E-state index contributed by atoms with van der Waals surface area (Å²) in [4.78, 5) is 12.2. The SMILES string of the molecule is Cc1cc(C)n(CC(C)CNC(=O)c2ccc(NS(C)(=O)=O)cc2)n1. The molecule has 1 unspecified atom stereocenters. The Bertz CT molecular complexity index is 841. The highest BCUT2D eigenvalue weighted by atomic mass is 32.2. The predicted octanol–water partition coefficient (Wildman–Crippen LogP) is 1.94. The van der Waals surface area contributed by atoms with Gasteiger partial charge in [-0.05, 0) is 50.1 Å². The first-order valence-electron chi connectivity index (χ1n) is 8.01. The third-order valence-corrected chi connectivity index (χ3v) is 4.26. The number of rotatable bonds is 7. The van der Waals surface area contributed by atoms with E-state index in [9.17, 15) is 13.2 Å². The van der Waals surface area contributed by atoms with E-state index in [-0.39, 0.29) is 11.8 Å². The number of sulfonamides is 1. The molecular weight excluding hydrogens is 340 g/mol. The lowest BCUT2D eigenvalue weighted by Gasteiger charge is -2.14. The van der Waals surface area contributed by atoms with Crippen LogP contribution >= 0.6 is 0 Å². The summed E-state index contributed by atoms with van der Waals surface area (Å²) >= 11 is 0. The molecule has 0 aliphatic carbocycles. The fraction of sp³-hybridized carbons (Fsp3) is 0.412. The molecule has 1 aromatic heterocycles. The maximum Gasteiger partial charge on any atom is 0.251 e. The highest BCUT2D eigenvalue weighted by Gasteiger charge is 2.11. The molecule has 2 rings (SSSR count). The van der Waals surface area contributed by atoms with Gasteiger partial charge in [-0.3, -0.25) is 14.2 Å². The Morgan fingerprint density at radius 1 is 1.24 bits per heavy atom. The Balaban J connectivity index is 1.88. The van der Waals surface area contributed by atoms with Gasteiger partial charge in [-0.1, -0.05) is 6.92 Å². The van der Waals surface area contributed by atoms with Crippen LogP contribution in [0, 0.1) is 19.8 Å². The van der Waals surface area contributed by atoms with Crippen molar-refractivity contribution in [1.82, 2.24) is 15.1 Å². The van der Waals surface area contributed by atoms with Crippen LogP contribution in [0.5, 0.6) is 0 Å². The summed E-state index contributed by atoms with van der Waals surface area (Å²) in [6.07, 6.45) is 1.08. The van der Waals surface area contributed by atoms with E-state index < -0.39 is 10.0 Å². The second kappa shape index (κ2) is 7.69. The van der Waals surface area contributed by atoms with Crippen LogP contribution in [-0.2, 0) is 16.6 Å². The van der Waals surface area contributed by atoms with E-state index in [2.05, 4.69) is 22.1 Å². The maximum absolute atomic E-state index is 12.2. The zero-order valence-corrected chi connectivity index (χ0v) is 15.7. The molecule has 1 amide bonds. The Morgan fingerprint density at radius 3 is 2.40 bits per heavy atom. The molecule has 0 bridgehead atoms. The van der Waals surface area contributed by atoms with Crippen molar-refractivity contribution < 1.29 is 13.2 Å². The molecule has 0 fully saturated rings. The van der Waals surface area contributed by atoms with Crippen LogP contribution in [-0.4, -0.2) is 36.9 Å². The van der Waals surface area contributed by atoms with Gasteiger partial charge in [0.25, 0.3) is 5.91 Å². The predicted molar refractivity (Wildman–Crippen MR) is 98.1 cm³/mol. The number of hydrogen-bond acceptors (Lipinski definition) is 4. The molecule has 0 radical (unpaired) electrons. The Hall–Kier alpha value is -2.35. The molecule has 1 aromatic carbocycles. The number of aryl methyl sites for hydroxylation is 2. The number of benzene rings is 1. The van der Waals surface area contributed by atoms with E-state index in [1.807, 2.05) is 24.6 Å². The van der Waals surface area contributed by atoms with Gasteiger partial charge in [0, 0.05) is 30.0 Å². The fourth-order valence-corrected chi connectivity index (χ4v) is 3.06. The van der Waals surface area contributed by atoms with E-state index in [0.717, 1.165) is 24.2 Å². The van der Waals surface area contributed by atoms with Gasteiger partial charge in [0.05, 0.1) is 11.9 Å². The summed E-state index contributed by atoms with van der Waals surface area (Å²) in [5.41, 5.74) is 3.00. The van der Waals surface area contributed by atoms with E-state index >= 15 is 0 Å². The van der Waals surface area contributed by atoms with Gasteiger partial charge in [0.2, 0.25) is 10.0 Å². The third-order valence-electron chi connectivity index (χ3n) is 3.65.